The second-order valence-corrected chi connectivity index (χ2v) is 5.23. The molecular weight excluding hydrogens is 248 g/mol. The Morgan fingerprint density at radius 1 is 1.05 bits per heavy atom. The van der Waals surface area contributed by atoms with E-state index in [0.717, 1.165) is 0 Å². The molecule has 0 heterocycles. The van der Waals surface area contributed by atoms with Crippen LogP contribution >= 0.6 is 0 Å². The summed E-state index contributed by atoms with van der Waals surface area (Å²) in [5.41, 5.74) is -1.19. The van der Waals surface area contributed by atoms with Crippen molar-refractivity contribution in [1.29, 1.82) is 0 Å². The maximum absolute atomic E-state index is 12.1. The van der Waals surface area contributed by atoms with Crippen LogP contribution in [0.4, 0.5) is 0 Å². The van der Waals surface area contributed by atoms with E-state index in [1.807, 2.05) is 0 Å². The molecule has 0 bridgehead atoms. The Morgan fingerprint density at radius 3 is 2.00 bits per heavy atom. The number of ether oxygens (including phenoxy) is 1. The Bertz CT molecular complexity index is 351. The third-order valence-corrected chi connectivity index (χ3v) is 2.80. The number of Topliss-reactive ketones (excluding diaryl/α,β-unsaturated/α-hetero) is 1. The lowest BCUT2D eigenvalue weighted by Crippen LogP contribution is -2.43. The molecule has 0 aromatic heterocycles. The first-order valence-corrected chi connectivity index (χ1v) is 6.22. The van der Waals surface area contributed by atoms with Crippen molar-refractivity contribution in [2.24, 2.45) is 5.41 Å². The molecule has 0 atom stereocenters. The molecule has 0 aliphatic heterocycles. The monoisotopic (exact) mass is 272 g/mol. The van der Waals surface area contributed by atoms with E-state index in [9.17, 15) is 14.4 Å². The lowest BCUT2D eigenvalue weighted by molar-refractivity contribution is -0.158. The van der Waals surface area contributed by atoms with E-state index in [4.69, 9.17) is 4.74 Å². The molecule has 0 saturated carbocycles. The van der Waals surface area contributed by atoms with E-state index < -0.39 is 11.4 Å². The first-order chi connectivity index (χ1) is 8.62. The number of carbonyl (C=O) groups excluding carboxylic acids is 3. The highest BCUT2D eigenvalue weighted by Crippen LogP contribution is 2.19. The van der Waals surface area contributed by atoms with Gasteiger partial charge in [0.2, 0.25) is 5.91 Å². The summed E-state index contributed by atoms with van der Waals surface area (Å²) in [5.74, 6) is -0.892. The van der Waals surface area contributed by atoms with Crippen LogP contribution in [0.15, 0.2) is 0 Å². The van der Waals surface area contributed by atoms with E-state index in [0.29, 0.717) is 0 Å². The van der Waals surface area contributed by atoms with Crippen LogP contribution < -0.4 is 0 Å². The van der Waals surface area contributed by atoms with Crippen LogP contribution in [0.3, 0.4) is 0 Å². The van der Waals surface area contributed by atoms with Gasteiger partial charge in [-0.2, -0.15) is 0 Å². The second-order valence-electron chi connectivity index (χ2n) is 5.23. The third-order valence-electron chi connectivity index (χ3n) is 2.80. The second kappa shape index (κ2) is 7.23. The Kier molecular flexibility index (Phi) is 6.69. The van der Waals surface area contributed by atoms with Gasteiger partial charge in [0.1, 0.15) is 5.41 Å². The third kappa shape index (κ3) is 5.38. The largest absolute Gasteiger partial charge is 0.465 e. The molecule has 0 rings (SSSR count). The number of nitrogens with zero attached hydrogens (tertiary/aromatic N) is 2. The van der Waals surface area contributed by atoms with Gasteiger partial charge in [-0.15, -0.1) is 0 Å². The molecule has 0 N–H and O–H groups in total. The molecule has 0 unspecified atom stereocenters. The zero-order chi connectivity index (χ0) is 15.2. The summed E-state index contributed by atoms with van der Waals surface area (Å²) in [6, 6.07) is 0. The minimum atomic E-state index is -1.19. The Morgan fingerprint density at radius 2 is 1.58 bits per heavy atom. The predicted octanol–water partition coefficient (Wildman–Crippen LogP) is 0.165. The molecular formula is C13H24N2O4. The predicted molar refractivity (Wildman–Crippen MR) is 71.6 cm³/mol. The smallest absolute Gasteiger partial charge is 0.319 e. The van der Waals surface area contributed by atoms with Crippen molar-refractivity contribution in [1.82, 2.24) is 9.80 Å². The van der Waals surface area contributed by atoms with Gasteiger partial charge in [-0.3, -0.25) is 19.3 Å². The number of hydrogen-bond acceptors (Lipinski definition) is 5. The van der Waals surface area contributed by atoms with Crippen LogP contribution in [-0.4, -0.2) is 68.3 Å². The standard InChI is InChI=1S/C13H24N2O4/c1-7-19-12(18)13(2,3)10(16)8-15(6)9-11(17)14(4)5/h7-9H2,1-6H3. The van der Waals surface area contributed by atoms with E-state index >= 15 is 0 Å². The van der Waals surface area contributed by atoms with Crippen molar-refractivity contribution in [3.05, 3.63) is 0 Å². The highest BCUT2D eigenvalue weighted by Gasteiger charge is 2.37. The molecule has 6 heteroatoms. The minimum Gasteiger partial charge on any atom is -0.465 e. The molecule has 0 saturated heterocycles. The van der Waals surface area contributed by atoms with Gasteiger partial charge in [0, 0.05) is 14.1 Å². The van der Waals surface area contributed by atoms with Crippen molar-refractivity contribution in [2.75, 3.05) is 40.8 Å². The summed E-state index contributed by atoms with van der Waals surface area (Å²) in [7, 11) is 4.97. The van der Waals surface area contributed by atoms with Gasteiger partial charge < -0.3 is 9.64 Å². The molecule has 0 aliphatic carbocycles. The molecule has 0 fully saturated rings. The quantitative estimate of drug-likeness (QED) is 0.488. The molecule has 0 radical (unpaired) electrons. The van der Waals surface area contributed by atoms with E-state index in [1.165, 1.54) is 18.7 Å². The zero-order valence-electron chi connectivity index (χ0n) is 12.6. The van der Waals surface area contributed by atoms with Gasteiger partial charge in [-0.05, 0) is 27.8 Å². The van der Waals surface area contributed by atoms with Crippen LogP contribution in [-0.2, 0) is 19.1 Å². The van der Waals surface area contributed by atoms with Crippen LogP contribution in [0, 0.1) is 5.41 Å². The minimum absolute atomic E-state index is 0.0331. The molecule has 110 valence electrons. The van der Waals surface area contributed by atoms with E-state index in [-0.39, 0.29) is 31.4 Å². The average Bonchev–Trinajstić information content (AvgIpc) is 2.28. The summed E-state index contributed by atoms with van der Waals surface area (Å²) >= 11 is 0. The van der Waals surface area contributed by atoms with Crippen LogP contribution in [0.1, 0.15) is 20.8 Å². The topological polar surface area (TPSA) is 66.9 Å². The number of amides is 1. The number of rotatable bonds is 7. The maximum Gasteiger partial charge on any atom is 0.319 e. The lowest BCUT2D eigenvalue weighted by Gasteiger charge is -2.24. The van der Waals surface area contributed by atoms with Crippen LogP contribution in [0.25, 0.3) is 0 Å². The number of likely N-dealkylation sites (N-methyl/N-ethyl adjacent to an activating group) is 2. The van der Waals surface area contributed by atoms with Gasteiger partial charge in [-0.25, -0.2) is 0 Å². The summed E-state index contributed by atoms with van der Waals surface area (Å²) in [6.07, 6.45) is 0. The lowest BCUT2D eigenvalue weighted by atomic mass is 9.88. The summed E-state index contributed by atoms with van der Waals surface area (Å²) < 4.78 is 4.88. The number of esters is 1. The summed E-state index contributed by atoms with van der Waals surface area (Å²) in [4.78, 5) is 38.3. The average molecular weight is 272 g/mol. The van der Waals surface area contributed by atoms with E-state index in [1.54, 1.807) is 33.0 Å². The van der Waals surface area contributed by atoms with Crippen molar-refractivity contribution in [3.63, 3.8) is 0 Å². The van der Waals surface area contributed by atoms with Crippen LogP contribution in [0.2, 0.25) is 0 Å². The zero-order valence-corrected chi connectivity index (χ0v) is 12.6. The summed E-state index contributed by atoms with van der Waals surface area (Å²) in [6.45, 7) is 5.18. The van der Waals surface area contributed by atoms with Gasteiger partial charge in [0.05, 0.1) is 19.7 Å². The SMILES string of the molecule is CCOC(=O)C(C)(C)C(=O)CN(C)CC(=O)N(C)C. The Labute approximate surface area is 114 Å². The van der Waals surface area contributed by atoms with Gasteiger partial charge in [0.15, 0.2) is 5.78 Å². The fourth-order valence-corrected chi connectivity index (χ4v) is 1.30. The van der Waals surface area contributed by atoms with E-state index in [2.05, 4.69) is 0 Å². The molecule has 0 aliphatic rings. The van der Waals surface area contributed by atoms with Crippen molar-refractivity contribution in [3.8, 4) is 0 Å². The number of ketones is 1. The molecule has 1 amide bonds. The summed E-state index contributed by atoms with van der Waals surface area (Å²) in [5, 5.41) is 0. The van der Waals surface area contributed by atoms with Crippen molar-refractivity contribution < 1.29 is 19.1 Å². The van der Waals surface area contributed by atoms with Crippen molar-refractivity contribution >= 4 is 17.7 Å². The molecule has 6 nitrogen and oxygen atoms in total. The molecule has 0 aromatic rings. The molecule has 19 heavy (non-hydrogen) atoms. The number of carbonyl (C=O) groups is 3. The Balaban J connectivity index is 4.51. The van der Waals surface area contributed by atoms with Crippen molar-refractivity contribution in [2.45, 2.75) is 20.8 Å². The van der Waals surface area contributed by atoms with Gasteiger partial charge >= 0.3 is 5.97 Å². The first-order valence-electron chi connectivity index (χ1n) is 6.22. The Hall–Kier alpha value is -1.43. The number of hydrogen-bond donors (Lipinski definition) is 0. The normalized spacial score (nSPS) is 11.3. The van der Waals surface area contributed by atoms with Crippen LogP contribution in [0.5, 0.6) is 0 Å². The highest BCUT2D eigenvalue weighted by molar-refractivity contribution is 6.04. The van der Waals surface area contributed by atoms with Gasteiger partial charge in [0.25, 0.3) is 0 Å². The fraction of sp³-hybridized carbons (Fsp3) is 0.769. The first kappa shape index (κ1) is 17.6. The molecule has 0 aromatic carbocycles. The van der Waals surface area contributed by atoms with Gasteiger partial charge in [-0.1, -0.05) is 0 Å². The molecule has 0 spiro atoms. The fourth-order valence-electron chi connectivity index (χ4n) is 1.30. The maximum atomic E-state index is 12.1. The highest BCUT2D eigenvalue weighted by atomic mass is 16.5.